The molecule has 0 bridgehead atoms. The third-order valence-electron chi connectivity index (χ3n) is 11.7. The summed E-state index contributed by atoms with van der Waals surface area (Å²) in [4.78, 5) is 71.6. The summed E-state index contributed by atoms with van der Waals surface area (Å²) < 4.78 is 33.2. The van der Waals surface area contributed by atoms with Gasteiger partial charge in [0.2, 0.25) is 11.8 Å². The van der Waals surface area contributed by atoms with Crippen molar-refractivity contribution >= 4 is 24.0 Å². The number of methoxy groups -OCH3 is 4. The van der Waals surface area contributed by atoms with Crippen molar-refractivity contribution in [3.8, 4) is 45.1 Å². The minimum atomic E-state index is -0.754. The fourth-order valence-electron chi connectivity index (χ4n) is 8.28. The molecule has 0 radical (unpaired) electrons. The molecule has 346 valence electrons. The van der Waals surface area contributed by atoms with E-state index in [4.69, 9.17) is 38.4 Å². The number of benzene rings is 2. The van der Waals surface area contributed by atoms with Crippen molar-refractivity contribution in [2.24, 2.45) is 5.92 Å². The van der Waals surface area contributed by atoms with Crippen LogP contribution < -0.4 is 20.1 Å². The molecule has 6 rings (SSSR count). The Morgan fingerprint density at radius 3 is 1.81 bits per heavy atom. The number of aromatic amines is 2. The molecular weight excluding hydrogens is 825 g/mol. The molecular formula is C46H62N8O10. The predicted molar refractivity (Wildman–Crippen MR) is 238 cm³/mol. The van der Waals surface area contributed by atoms with E-state index in [1.165, 1.54) is 14.2 Å². The van der Waals surface area contributed by atoms with Crippen LogP contribution in [-0.4, -0.2) is 134 Å². The van der Waals surface area contributed by atoms with Gasteiger partial charge in [-0.05, 0) is 67.7 Å². The second kappa shape index (κ2) is 22.5. The number of H-pyrrole nitrogens is 2. The van der Waals surface area contributed by atoms with Crippen LogP contribution in [0, 0.1) is 5.92 Å². The van der Waals surface area contributed by atoms with Crippen LogP contribution >= 0.6 is 0 Å². The molecule has 0 unspecified atom stereocenters. The number of hydrogen-bond acceptors (Lipinski definition) is 12. The Kier molecular flexibility index (Phi) is 16.6. The summed E-state index contributed by atoms with van der Waals surface area (Å²) in [6.07, 6.45) is 6.69. The number of nitrogens with zero attached hydrogens (tertiary/aromatic N) is 4. The topological polar surface area (TPSA) is 212 Å². The van der Waals surface area contributed by atoms with Gasteiger partial charge in [-0.25, -0.2) is 19.6 Å². The lowest BCUT2D eigenvalue weighted by molar-refractivity contribution is -0.137. The highest BCUT2D eigenvalue weighted by Gasteiger charge is 2.38. The fraction of sp³-hybridized carbons (Fsp3) is 0.522. The summed E-state index contributed by atoms with van der Waals surface area (Å²) in [5.74, 6) is 1.80. The van der Waals surface area contributed by atoms with Gasteiger partial charge in [0, 0.05) is 38.4 Å². The van der Waals surface area contributed by atoms with Gasteiger partial charge in [-0.15, -0.1) is 0 Å². The zero-order valence-corrected chi connectivity index (χ0v) is 37.9. The number of carbonyl (C=O) groups is 4. The van der Waals surface area contributed by atoms with Crippen LogP contribution in [0.15, 0.2) is 48.8 Å². The van der Waals surface area contributed by atoms with Crippen LogP contribution in [-0.2, 0) is 28.5 Å². The van der Waals surface area contributed by atoms with Crippen molar-refractivity contribution in [3.05, 3.63) is 60.4 Å². The fourth-order valence-corrected chi connectivity index (χ4v) is 8.28. The van der Waals surface area contributed by atoms with E-state index in [9.17, 15) is 19.2 Å². The molecule has 2 aliphatic rings. The Balaban J connectivity index is 1.28. The van der Waals surface area contributed by atoms with E-state index in [1.807, 2.05) is 62.1 Å². The highest BCUT2D eigenvalue weighted by molar-refractivity contribution is 5.87. The maximum Gasteiger partial charge on any atom is 0.407 e. The van der Waals surface area contributed by atoms with Crippen LogP contribution in [0.2, 0.25) is 0 Å². The number of carbonyl (C=O) groups excluding carboxylic acids is 4. The minimum absolute atomic E-state index is 0.161. The van der Waals surface area contributed by atoms with E-state index < -0.39 is 24.3 Å². The molecule has 64 heavy (non-hydrogen) atoms. The quantitative estimate of drug-likeness (QED) is 0.0752. The largest absolute Gasteiger partial charge is 0.487 e. The van der Waals surface area contributed by atoms with Crippen LogP contribution in [0.3, 0.4) is 0 Å². The lowest BCUT2D eigenvalue weighted by Gasteiger charge is -2.36. The first-order chi connectivity index (χ1) is 31.0. The van der Waals surface area contributed by atoms with E-state index in [1.54, 1.807) is 31.5 Å². The third kappa shape index (κ3) is 11.0. The molecule has 2 fully saturated rings. The number of hydrogen-bond donors (Lipinski definition) is 4. The maximum atomic E-state index is 13.8. The molecule has 4 heterocycles. The van der Waals surface area contributed by atoms with E-state index in [0.717, 1.165) is 48.1 Å². The molecule has 0 spiro atoms. The molecule has 18 nitrogen and oxygen atoms in total. The summed E-state index contributed by atoms with van der Waals surface area (Å²) in [5, 5.41) is 5.37. The number of ether oxygens (including phenoxy) is 6. The van der Waals surface area contributed by atoms with Gasteiger partial charge in [0.25, 0.3) is 0 Å². The van der Waals surface area contributed by atoms with Gasteiger partial charge in [0.05, 0.1) is 63.3 Å². The molecule has 4 N–H and O–H groups in total. The molecule has 0 saturated carbocycles. The summed E-state index contributed by atoms with van der Waals surface area (Å²) in [6, 6.07) is 9.92. The molecule has 4 atom stereocenters. The molecule has 2 aromatic carbocycles. The lowest BCUT2D eigenvalue weighted by atomic mass is 9.98. The first-order valence-corrected chi connectivity index (χ1v) is 21.9. The van der Waals surface area contributed by atoms with Crippen molar-refractivity contribution in [1.29, 1.82) is 0 Å². The highest BCUT2D eigenvalue weighted by atomic mass is 16.6. The number of imidazole rings is 2. The molecule has 4 amide bonds. The summed E-state index contributed by atoms with van der Waals surface area (Å²) >= 11 is 0. The van der Waals surface area contributed by atoms with E-state index in [-0.39, 0.29) is 43.0 Å². The summed E-state index contributed by atoms with van der Waals surface area (Å²) in [6.45, 7) is 7.89. The van der Waals surface area contributed by atoms with Crippen LogP contribution in [0.25, 0.3) is 33.6 Å². The first-order valence-electron chi connectivity index (χ1n) is 21.9. The van der Waals surface area contributed by atoms with Gasteiger partial charge in [0.1, 0.15) is 36.9 Å². The van der Waals surface area contributed by atoms with Gasteiger partial charge < -0.3 is 58.8 Å². The van der Waals surface area contributed by atoms with Crippen molar-refractivity contribution in [2.45, 2.75) is 83.5 Å². The number of aromatic nitrogens is 4. The Morgan fingerprint density at radius 2 is 1.20 bits per heavy atom. The zero-order valence-electron chi connectivity index (χ0n) is 37.9. The lowest BCUT2D eigenvalue weighted by Crippen LogP contribution is -2.51. The Hall–Kier alpha value is -6.14. The smallest absolute Gasteiger partial charge is 0.407 e. The van der Waals surface area contributed by atoms with Crippen LogP contribution in [0.4, 0.5) is 9.59 Å². The maximum absolute atomic E-state index is 13.8. The standard InChI is InChI=1S/C46H62N8O10/c1-8-33(51-45(57)61-6)43(55)53-20-10-9-12-36(53)41-47-26-34(49-41)30-16-14-29(15-17-30)31-18-19-32(40(64-25-23-60-5)39(31)63-24-22-59-4)35-27-48-42(50-35)37-13-11-21-54(37)44(56)38(28(2)3)52-46(58)62-7/h14-19,26-28,33,36-38H,8-13,20-25H2,1-7H3,(H,47,49)(H,48,50)(H,51,57)(H,52,58)/t33-,36-,37-,38-/m0/s1. The SMILES string of the molecule is CC[C@H](NC(=O)OC)C(=O)N1CCCC[C@H]1c1ncc(-c2ccc(-c3ccc(-c4cnc([C@@H]5CCCN5C(=O)[C@@H](NC(=O)OC)C(C)C)[nH]4)c(OCCOC)c3OCCOC)cc2)[nH]1. The molecule has 4 aromatic rings. The van der Waals surface area contributed by atoms with Gasteiger partial charge in [-0.2, -0.15) is 0 Å². The molecule has 2 aromatic heterocycles. The van der Waals surface area contributed by atoms with Gasteiger partial charge in [-0.3, -0.25) is 9.59 Å². The van der Waals surface area contributed by atoms with Gasteiger partial charge >= 0.3 is 12.2 Å². The minimum Gasteiger partial charge on any atom is -0.487 e. The van der Waals surface area contributed by atoms with E-state index in [0.29, 0.717) is 73.6 Å². The zero-order chi connectivity index (χ0) is 45.8. The Labute approximate surface area is 374 Å². The number of likely N-dealkylation sites (tertiary alicyclic amines) is 2. The van der Waals surface area contributed by atoms with Crippen molar-refractivity contribution in [2.75, 3.05) is 68.0 Å². The Bertz CT molecular complexity index is 2190. The Morgan fingerprint density at radius 1 is 0.672 bits per heavy atom. The molecule has 0 aliphatic carbocycles. The molecule has 18 heteroatoms. The second-order valence-corrected chi connectivity index (χ2v) is 16.1. The predicted octanol–water partition coefficient (Wildman–Crippen LogP) is 6.42. The number of amides is 4. The molecule has 2 aliphatic heterocycles. The highest BCUT2D eigenvalue weighted by Crippen LogP contribution is 2.46. The average Bonchev–Trinajstić information content (AvgIpc) is 4.12. The number of rotatable bonds is 19. The van der Waals surface area contributed by atoms with Crippen molar-refractivity contribution in [3.63, 3.8) is 0 Å². The van der Waals surface area contributed by atoms with Crippen LogP contribution in [0.1, 0.15) is 83.0 Å². The third-order valence-corrected chi connectivity index (χ3v) is 11.7. The summed E-state index contributed by atoms with van der Waals surface area (Å²) in [7, 11) is 5.78. The number of alkyl carbamates (subject to hydrolysis) is 2. The normalized spacial score (nSPS) is 17.2. The second-order valence-electron chi connectivity index (χ2n) is 16.1. The van der Waals surface area contributed by atoms with Crippen molar-refractivity contribution < 1.29 is 47.6 Å². The average molecular weight is 887 g/mol. The monoisotopic (exact) mass is 886 g/mol. The first kappa shape index (κ1) is 47.3. The number of nitrogens with one attached hydrogen (secondary N) is 4. The van der Waals surface area contributed by atoms with Crippen LogP contribution in [0.5, 0.6) is 11.5 Å². The van der Waals surface area contributed by atoms with E-state index in [2.05, 4.69) is 20.6 Å². The molecule has 2 saturated heterocycles. The number of piperidine rings is 1. The van der Waals surface area contributed by atoms with E-state index >= 15 is 0 Å². The van der Waals surface area contributed by atoms with Gasteiger partial charge in [0.15, 0.2) is 11.5 Å². The summed E-state index contributed by atoms with van der Waals surface area (Å²) in [5.41, 5.74) is 4.74. The van der Waals surface area contributed by atoms with Crippen molar-refractivity contribution in [1.82, 2.24) is 40.4 Å². The van der Waals surface area contributed by atoms with Gasteiger partial charge in [-0.1, -0.05) is 45.0 Å².